The maximum Gasteiger partial charge on any atom is 0.0768 e. The van der Waals surface area contributed by atoms with Gasteiger partial charge in [-0.25, -0.2) is 0 Å². The van der Waals surface area contributed by atoms with Gasteiger partial charge in [-0.15, -0.1) is 0 Å². The van der Waals surface area contributed by atoms with Crippen LogP contribution in [-0.4, -0.2) is 19.1 Å². The van der Waals surface area contributed by atoms with Crippen LogP contribution in [0, 0.1) is 5.92 Å². The SMILES string of the molecule is CC1CCN2c3cccc(Cl)c3NCC12. The van der Waals surface area contributed by atoms with E-state index in [2.05, 4.69) is 23.2 Å². The number of fused-ring (bicyclic) bond motifs is 3. The molecule has 2 atom stereocenters. The second kappa shape index (κ2) is 3.31. The van der Waals surface area contributed by atoms with Crippen molar-refractivity contribution < 1.29 is 0 Å². The number of hydrogen-bond donors (Lipinski definition) is 1. The minimum atomic E-state index is 0.649. The molecule has 2 aliphatic heterocycles. The molecule has 1 fully saturated rings. The summed E-state index contributed by atoms with van der Waals surface area (Å²) in [6, 6.07) is 6.80. The summed E-state index contributed by atoms with van der Waals surface area (Å²) >= 11 is 6.18. The largest absolute Gasteiger partial charge is 0.380 e. The van der Waals surface area contributed by atoms with E-state index >= 15 is 0 Å². The van der Waals surface area contributed by atoms with Crippen molar-refractivity contribution in [1.82, 2.24) is 0 Å². The molecule has 1 aromatic rings. The smallest absolute Gasteiger partial charge is 0.0768 e. The van der Waals surface area contributed by atoms with Crippen LogP contribution in [0.25, 0.3) is 0 Å². The van der Waals surface area contributed by atoms with Gasteiger partial charge in [-0.2, -0.15) is 0 Å². The third-order valence-electron chi connectivity index (χ3n) is 3.67. The lowest BCUT2D eigenvalue weighted by atomic mass is 10.0. The van der Waals surface area contributed by atoms with Crippen LogP contribution < -0.4 is 10.2 Å². The Morgan fingerprint density at radius 3 is 3.20 bits per heavy atom. The molecule has 15 heavy (non-hydrogen) atoms. The van der Waals surface area contributed by atoms with Gasteiger partial charge in [-0.3, -0.25) is 0 Å². The Bertz CT molecular complexity index is 391. The highest BCUT2D eigenvalue weighted by molar-refractivity contribution is 6.34. The average molecular weight is 223 g/mol. The Hall–Kier alpha value is -0.890. The lowest BCUT2D eigenvalue weighted by Gasteiger charge is -2.36. The number of rotatable bonds is 0. The number of halogens is 1. The molecule has 1 aromatic carbocycles. The lowest BCUT2D eigenvalue weighted by Crippen LogP contribution is -2.41. The van der Waals surface area contributed by atoms with Crippen molar-refractivity contribution in [3.63, 3.8) is 0 Å². The van der Waals surface area contributed by atoms with Crippen LogP contribution in [-0.2, 0) is 0 Å². The third kappa shape index (κ3) is 1.31. The van der Waals surface area contributed by atoms with E-state index in [4.69, 9.17) is 11.6 Å². The lowest BCUT2D eigenvalue weighted by molar-refractivity contribution is 0.524. The first kappa shape index (κ1) is 9.34. The van der Waals surface area contributed by atoms with Gasteiger partial charge in [-0.1, -0.05) is 24.6 Å². The maximum atomic E-state index is 6.18. The zero-order chi connectivity index (χ0) is 10.4. The van der Waals surface area contributed by atoms with E-state index in [0.717, 1.165) is 23.2 Å². The van der Waals surface area contributed by atoms with Gasteiger partial charge >= 0.3 is 0 Å². The van der Waals surface area contributed by atoms with Gasteiger partial charge in [0.05, 0.1) is 16.4 Å². The van der Waals surface area contributed by atoms with Gasteiger partial charge in [0.1, 0.15) is 0 Å². The minimum absolute atomic E-state index is 0.649. The summed E-state index contributed by atoms with van der Waals surface area (Å²) in [7, 11) is 0. The van der Waals surface area contributed by atoms with Crippen LogP contribution in [0.1, 0.15) is 13.3 Å². The topological polar surface area (TPSA) is 15.3 Å². The molecule has 0 amide bonds. The molecule has 2 unspecified atom stereocenters. The molecule has 3 rings (SSSR count). The van der Waals surface area contributed by atoms with E-state index in [9.17, 15) is 0 Å². The Morgan fingerprint density at radius 1 is 1.47 bits per heavy atom. The summed E-state index contributed by atoms with van der Waals surface area (Å²) < 4.78 is 0. The van der Waals surface area contributed by atoms with Gasteiger partial charge in [-0.05, 0) is 24.5 Å². The Kier molecular flexibility index (Phi) is 2.06. The third-order valence-corrected chi connectivity index (χ3v) is 3.99. The fourth-order valence-corrected chi connectivity index (χ4v) is 2.99. The standard InChI is InChI=1S/C12H15ClN2/c1-8-5-6-15-10-4-2-3-9(13)12(10)14-7-11(8)15/h2-4,8,11,14H,5-7H2,1H3. The molecule has 0 saturated carbocycles. The van der Waals surface area contributed by atoms with Crippen LogP contribution in [0.2, 0.25) is 5.02 Å². The van der Waals surface area contributed by atoms with Crippen molar-refractivity contribution >= 4 is 23.0 Å². The number of nitrogens with one attached hydrogen (secondary N) is 1. The first-order chi connectivity index (χ1) is 7.27. The quantitative estimate of drug-likeness (QED) is 0.726. The second-order valence-corrected chi connectivity index (χ2v) is 4.95. The maximum absolute atomic E-state index is 6.18. The molecule has 2 aliphatic rings. The highest BCUT2D eigenvalue weighted by atomic mass is 35.5. The minimum Gasteiger partial charge on any atom is -0.380 e. The van der Waals surface area contributed by atoms with Gasteiger partial charge in [0.25, 0.3) is 0 Å². The number of para-hydroxylation sites is 1. The van der Waals surface area contributed by atoms with Crippen molar-refractivity contribution in [2.75, 3.05) is 23.3 Å². The Labute approximate surface area is 95.2 Å². The molecule has 1 N–H and O–H groups in total. The summed E-state index contributed by atoms with van der Waals surface area (Å²) in [6.45, 7) is 4.53. The molecular weight excluding hydrogens is 208 g/mol. The molecule has 2 heterocycles. The summed E-state index contributed by atoms with van der Waals surface area (Å²) in [5.41, 5.74) is 2.40. The molecular formula is C12H15ClN2. The number of anilines is 2. The number of benzene rings is 1. The zero-order valence-electron chi connectivity index (χ0n) is 8.83. The van der Waals surface area contributed by atoms with E-state index < -0.39 is 0 Å². The summed E-state index contributed by atoms with van der Waals surface area (Å²) in [5.74, 6) is 0.782. The zero-order valence-corrected chi connectivity index (χ0v) is 9.59. The van der Waals surface area contributed by atoms with E-state index in [1.807, 2.05) is 12.1 Å². The molecule has 3 heteroatoms. The van der Waals surface area contributed by atoms with Crippen molar-refractivity contribution in [1.29, 1.82) is 0 Å². The van der Waals surface area contributed by atoms with Crippen LogP contribution in [0.4, 0.5) is 11.4 Å². The Balaban J connectivity index is 2.06. The molecule has 0 aliphatic carbocycles. The second-order valence-electron chi connectivity index (χ2n) is 4.54. The van der Waals surface area contributed by atoms with E-state index in [1.54, 1.807) is 0 Å². The summed E-state index contributed by atoms with van der Waals surface area (Å²) in [5, 5.41) is 4.30. The van der Waals surface area contributed by atoms with Crippen LogP contribution in [0.15, 0.2) is 18.2 Å². The van der Waals surface area contributed by atoms with Gasteiger partial charge in [0.15, 0.2) is 0 Å². The normalized spacial score (nSPS) is 28.3. The van der Waals surface area contributed by atoms with E-state index in [-0.39, 0.29) is 0 Å². The van der Waals surface area contributed by atoms with Crippen LogP contribution in [0.3, 0.4) is 0 Å². The van der Waals surface area contributed by atoms with Crippen LogP contribution in [0.5, 0.6) is 0 Å². The first-order valence-corrected chi connectivity index (χ1v) is 5.94. The molecule has 0 aromatic heterocycles. The highest BCUT2D eigenvalue weighted by Crippen LogP contribution is 2.41. The van der Waals surface area contributed by atoms with Gasteiger partial charge in [0.2, 0.25) is 0 Å². The average Bonchev–Trinajstić information content (AvgIpc) is 2.61. The van der Waals surface area contributed by atoms with Crippen LogP contribution >= 0.6 is 11.6 Å². The fraction of sp³-hybridized carbons (Fsp3) is 0.500. The van der Waals surface area contributed by atoms with E-state index in [1.165, 1.54) is 18.7 Å². The molecule has 0 bridgehead atoms. The van der Waals surface area contributed by atoms with Crippen molar-refractivity contribution in [2.24, 2.45) is 5.92 Å². The predicted molar refractivity (Wildman–Crippen MR) is 64.9 cm³/mol. The summed E-state index contributed by atoms with van der Waals surface area (Å²) in [4.78, 5) is 2.50. The van der Waals surface area contributed by atoms with Crippen molar-refractivity contribution in [2.45, 2.75) is 19.4 Å². The Morgan fingerprint density at radius 2 is 2.33 bits per heavy atom. The highest BCUT2D eigenvalue weighted by Gasteiger charge is 2.35. The van der Waals surface area contributed by atoms with Crippen molar-refractivity contribution in [3.05, 3.63) is 23.2 Å². The molecule has 0 spiro atoms. The van der Waals surface area contributed by atoms with Gasteiger partial charge in [0, 0.05) is 19.1 Å². The molecule has 2 nitrogen and oxygen atoms in total. The fourth-order valence-electron chi connectivity index (χ4n) is 2.75. The monoisotopic (exact) mass is 222 g/mol. The number of nitrogens with zero attached hydrogens (tertiary/aromatic N) is 1. The number of hydrogen-bond acceptors (Lipinski definition) is 2. The van der Waals surface area contributed by atoms with Crippen molar-refractivity contribution in [3.8, 4) is 0 Å². The molecule has 80 valence electrons. The summed E-state index contributed by atoms with van der Waals surface area (Å²) in [6.07, 6.45) is 1.29. The van der Waals surface area contributed by atoms with Gasteiger partial charge < -0.3 is 10.2 Å². The predicted octanol–water partition coefficient (Wildman–Crippen LogP) is 2.98. The molecule has 0 radical (unpaired) electrons. The first-order valence-electron chi connectivity index (χ1n) is 5.56. The molecule has 1 saturated heterocycles. The van der Waals surface area contributed by atoms with E-state index in [0.29, 0.717) is 6.04 Å².